The van der Waals surface area contributed by atoms with Crippen LogP contribution in [-0.4, -0.2) is 55.5 Å². The van der Waals surface area contributed by atoms with Gasteiger partial charge in [0.2, 0.25) is 5.91 Å². The normalized spacial score (nSPS) is 25.9. The molecule has 0 aromatic heterocycles. The third kappa shape index (κ3) is 3.72. The van der Waals surface area contributed by atoms with Gasteiger partial charge in [-0.15, -0.1) is 0 Å². The van der Waals surface area contributed by atoms with E-state index in [1.807, 2.05) is 0 Å². The number of nitrogens with zero attached hydrogens (tertiary/aromatic N) is 1. The molecule has 1 amide bonds. The molecule has 1 aromatic carbocycles. The van der Waals surface area contributed by atoms with Crippen LogP contribution in [0.25, 0.3) is 0 Å². The quantitative estimate of drug-likeness (QED) is 0.847. The van der Waals surface area contributed by atoms with Crippen LogP contribution < -0.4 is 0 Å². The third-order valence-electron chi connectivity index (χ3n) is 4.64. The maximum Gasteiger partial charge on any atom is 0.396 e. The van der Waals surface area contributed by atoms with E-state index in [-0.39, 0.29) is 5.56 Å². The van der Waals surface area contributed by atoms with Crippen LogP contribution in [0, 0.1) is 0 Å². The number of hydrogen-bond acceptors (Lipinski definition) is 3. The van der Waals surface area contributed by atoms with Gasteiger partial charge < -0.3 is 14.4 Å². The van der Waals surface area contributed by atoms with E-state index in [9.17, 15) is 18.0 Å². The molecule has 2 saturated heterocycles. The second kappa shape index (κ2) is 6.72. The zero-order valence-corrected chi connectivity index (χ0v) is 13.2. The fourth-order valence-electron chi connectivity index (χ4n) is 3.30. The second-order valence-electron chi connectivity index (χ2n) is 6.36. The summed E-state index contributed by atoms with van der Waals surface area (Å²) in [7, 11) is 0. The van der Waals surface area contributed by atoms with Crippen molar-refractivity contribution in [2.24, 2.45) is 0 Å². The Bertz CT molecular complexity index is 570. The average molecular weight is 343 g/mol. The van der Waals surface area contributed by atoms with Crippen molar-refractivity contribution in [2.45, 2.75) is 30.5 Å². The van der Waals surface area contributed by atoms with Crippen molar-refractivity contribution in [3.05, 3.63) is 35.9 Å². The van der Waals surface area contributed by atoms with E-state index in [1.54, 1.807) is 18.2 Å². The van der Waals surface area contributed by atoms with Crippen molar-refractivity contribution in [2.75, 3.05) is 32.9 Å². The van der Waals surface area contributed by atoms with Crippen LogP contribution in [-0.2, 0) is 14.3 Å². The van der Waals surface area contributed by atoms with Crippen LogP contribution in [0.2, 0.25) is 0 Å². The molecule has 1 aromatic rings. The molecule has 2 heterocycles. The van der Waals surface area contributed by atoms with E-state index in [2.05, 4.69) is 0 Å². The first-order valence-electron chi connectivity index (χ1n) is 8.01. The van der Waals surface area contributed by atoms with Gasteiger partial charge in [-0.05, 0) is 5.56 Å². The van der Waals surface area contributed by atoms with Crippen molar-refractivity contribution in [3.8, 4) is 0 Å². The third-order valence-corrected chi connectivity index (χ3v) is 4.64. The molecule has 0 bridgehead atoms. The summed E-state index contributed by atoms with van der Waals surface area (Å²) in [6.45, 7) is 1.89. The van der Waals surface area contributed by atoms with Gasteiger partial charge in [0, 0.05) is 26.0 Å². The first-order chi connectivity index (χ1) is 11.4. The molecule has 2 fully saturated rings. The van der Waals surface area contributed by atoms with Gasteiger partial charge in [-0.1, -0.05) is 30.3 Å². The van der Waals surface area contributed by atoms with Crippen molar-refractivity contribution < 1.29 is 27.4 Å². The van der Waals surface area contributed by atoms with Gasteiger partial charge in [-0.2, -0.15) is 13.2 Å². The summed E-state index contributed by atoms with van der Waals surface area (Å²) in [6.07, 6.45) is -4.37. The number of alkyl halides is 3. The predicted octanol–water partition coefficient (Wildman–Crippen LogP) is 2.74. The monoisotopic (exact) mass is 343 g/mol. The van der Waals surface area contributed by atoms with Gasteiger partial charge in [0.05, 0.1) is 25.7 Å². The fourth-order valence-corrected chi connectivity index (χ4v) is 3.30. The van der Waals surface area contributed by atoms with Crippen LogP contribution in [0.5, 0.6) is 0 Å². The number of benzene rings is 1. The molecule has 0 aliphatic carbocycles. The number of morpholine rings is 1. The summed E-state index contributed by atoms with van der Waals surface area (Å²) in [5, 5.41) is 0. The lowest BCUT2D eigenvalue weighted by molar-refractivity contribution is -0.167. The van der Waals surface area contributed by atoms with Crippen molar-refractivity contribution >= 4 is 5.91 Å². The molecule has 0 N–H and O–H groups in total. The largest absolute Gasteiger partial charge is 0.396 e. The molecule has 0 saturated carbocycles. The molecule has 2 atom stereocenters. The highest BCUT2D eigenvalue weighted by molar-refractivity contribution is 5.77. The van der Waals surface area contributed by atoms with Crippen LogP contribution in [0.1, 0.15) is 24.3 Å². The van der Waals surface area contributed by atoms with Crippen LogP contribution in [0.4, 0.5) is 13.2 Å². The van der Waals surface area contributed by atoms with Crippen LogP contribution in [0.3, 0.4) is 0 Å². The minimum atomic E-state index is -4.46. The predicted molar refractivity (Wildman–Crippen MR) is 80.6 cm³/mol. The lowest BCUT2D eigenvalue weighted by atomic mass is 9.93. The fraction of sp³-hybridized carbons (Fsp3) is 0.588. The SMILES string of the molecule is O=C(CC(c1ccccc1)C(F)(F)F)N1CCOC2(CCOC2)C1. The highest BCUT2D eigenvalue weighted by Crippen LogP contribution is 2.38. The number of amides is 1. The molecule has 2 aliphatic heterocycles. The van der Waals surface area contributed by atoms with E-state index >= 15 is 0 Å². The first kappa shape index (κ1) is 17.2. The summed E-state index contributed by atoms with van der Waals surface area (Å²) < 4.78 is 51.3. The van der Waals surface area contributed by atoms with Gasteiger partial charge in [-0.25, -0.2) is 0 Å². The molecule has 4 nitrogen and oxygen atoms in total. The number of hydrogen-bond donors (Lipinski definition) is 0. The number of ether oxygens (including phenoxy) is 2. The van der Waals surface area contributed by atoms with Crippen molar-refractivity contribution in [1.29, 1.82) is 0 Å². The summed E-state index contributed by atoms with van der Waals surface area (Å²) in [6, 6.07) is 7.59. The lowest BCUT2D eigenvalue weighted by Gasteiger charge is -2.40. The Morgan fingerprint density at radius 1 is 1.25 bits per heavy atom. The Balaban J connectivity index is 1.71. The zero-order chi connectivity index (χ0) is 17.2. The van der Waals surface area contributed by atoms with Crippen molar-refractivity contribution in [1.82, 2.24) is 4.90 Å². The summed E-state index contributed by atoms with van der Waals surface area (Å²) in [4.78, 5) is 14.0. The Kier molecular flexibility index (Phi) is 4.83. The maximum atomic E-state index is 13.4. The van der Waals surface area contributed by atoms with Gasteiger partial charge >= 0.3 is 6.18 Å². The molecule has 2 unspecified atom stereocenters. The van der Waals surface area contributed by atoms with Gasteiger partial charge in [0.25, 0.3) is 0 Å². The Hall–Kier alpha value is -1.60. The Morgan fingerprint density at radius 3 is 2.62 bits per heavy atom. The molecule has 7 heteroatoms. The van der Waals surface area contributed by atoms with E-state index < -0.39 is 30.0 Å². The molecule has 0 radical (unpaired) electrons. The number of carbonyl (C=O) groups is 1. The number of carbonyl (C=O) groups excluding carboxylic acids is 1. The minimum absolute atomic E-state index is 0.116. The van der Waals surface area contributed by atoms with E-state index in [4.69, 9.17) is 9.47 Å². The molecular weight excluding hydrogens is 323 g/mol. The number of rotatable bonds is 3. The van der Waals surface area contributed by atoms with Crippen LogP contribution >= 0.6 is 0 Å². The summed E-state index contributed by atoms with van der Waals surface area (Å²) in [5.41, 5.74) is -0.431. The highest BCUT2D eigenvalue weighted by Gasteiger charge is 2.45. The lowest BCUT2D eigenvalue weighted by Crippen LogP contribution is -2.54. The minimum Gasteiger partial charge on any atom is -0.378 e. The van der Waals surface area contributed by atoms with Gasteiger partial charge in [-0.3, -0.25) is 4.79 Å². The molecular formula is C17H20F3NO3. The molecule has 1 spiro atoms. The summed E-state index contributed by atoms with van der Waals surface area (Å²) in [5.74, 6) is -2.28. The Morgan fingerprint density at radius 2 is 2.00 bits per heavy atom. The highest BCUT2D eigenvalue weighted by atomic mass is 19.4. The average Bonchev–Trinajstić information content (AvgIpc) is 2.99. The van der Waals surface area contributed by atoms with E-state index in [0.717, 1.165) is 0 Å². The van der Waals surface area contributed by atoms with Crippen molar-refractivity contribution in [3.63, 3.8) is 0 Å². The van der Waals surface area contributed by atoms with Crippen LogP contribution in [0.15, 0.2) is 30.3 Å². The standard InChI is InChI=1S/C17H20F3NO3/c18-17(19,20)14(13-4-2-1-3-5-13)10-15(22)21-7-9-24-16(11-21)6-8-23-12-16/h1-5,14H,6-12H2. The molecule has 2 aliphatic rings. The summed E-state index contributed by atoms with van der Waals surface area (Å²) >= 11 is 0. The first-order valence-corrected chi connectivity index (χ1v) is 8.01. The smallest absolute Gasteiger partial charge is 0.378 e. The van der Waals surface area contributed by atoms with E-state index in [1.165, 1.54) is 17.0 Å². The Labute approximate surface area is 138 Å². The van der Waals surface area contributed by atoms with Gasteiger partial charge in [0.1, 0.15) is 5.60 Å². The topological polar surface area (TPSA) is 38.8 Å². The maximum absolute atomic E-state index is 13.4. The second-order valence-corrected chi connectivity index (χ2v) is 6.36. The molecule has 132 valence electrons. The molecule has 3 rings (SSSR count). The van der Waals surface area contributed by atoms with Gasteiger partial charge in [0.15, 0.2) is 0 Å². The molecule has 24 heavy (non-hydrogen) atoms. The zero-order valence-electron chi connectivity index (χ0n) is 13.2. The van der Waals surface area contributed by atoms with E-state index in [0.29, 0.717) is 39.3 Å². The number of halogens is 3.